The lowest BCUT2D eigenvalue weighted by molar-refractivity contribution is -0.168. The van der Waals surface area contributed by atoms with E-state index in [2.05, 4.69) is 11.3 Å². The van der Waals surface area contributed by atoms with Gasteiger partial charge in [0.2, 0.25) is 0 Å². The minimum atomic E-state index is -1.15. The van der Waals surface area contributed by atoms with Gasteiger partial charge in [0.1, 0.15) is 12.2 Å². The van der Waals surface area contributed by atoms with Crippen molar-refractivity contribution in [3.8, 4) is 6.07 Å². The quantitative estimate of drug-likeness (QED) is 0.300. The fourth-order valence-corrected chi connectivity index (χ4v) is 3.79. The van der Waals surface area contributed by atoms with Gasteiger partial charge in [-0.3, -0.25) is 9.59 Å². The first-order chi connectivity index (χ1) is 11.3. The molecule has 5 atom stereocenters. The largest absolute Gasteiger partial charge is 0.457 e. The number of fused-ring (bicyclic) bond motifs is 1. The lowest BCUT2D eigenvalue weighted by atomic mass is 9.75. The van der Waals surface area contributed by atoms with E-state index >= 15 is 0 Å². The molecule has 3 fully saturated rings. The molecule has 0 aromatic heterocycles. The average Bonchev–Trinajstić information content (AvgIpc) is 3.13. The summed E-state index contributed by atoms with van der Waals surface area (Å²) in [5, 5.41) is 9.29. The highest BCUT2D eigenvalue weighted by atomic mass is 16.6. The summed E-state index contributed by atoms with van der Waals surface area (Å²) >= 11 is 0. The minimum Gasteiger partial charge on any atom is -0.457 e. The van der Waals surface area contributed by atoms with Gasteiger partial charge >= 0.3 is 17.9 Å². The molecule has 8 heteroatoms. The maximum atomic E-state index is 11.9. The Morgan fingerprint density at radius 2 is 2.12 bits per heavy atom. The van der Waals surface area contributed by atoms with Gasteiger partial charge in [-0.15, -0.1) is 0 Å². The molecule has 0 spiro atoms. The Morgan fingerprint density at radius 1 is 1.42 bits per heavy atom. The smallest absolute Gasteiger partial charge is 0.378 e. The number of hydrogen-bond acceptors (Lipinski definition) is 8. The maximum absolute atomic E-state index is 11.9. The van der Waals surface area contributed by atoms with Gasteiger partial charge in [0, 0.05) is 17.4 Å². The van der Waals surface area contributed by atoms with E-state index in [4.69, 9.17) is 9.47 Å². The van der Waals surface area contributed by atoms with Gasteiger partial charge in [-0.2, -0.15) is 5.26 Å². The normalized spacial score (nSPS) is 35.1. The third-order valence-electron chi connectivity index (χ3n) is 4.92. The van der Waals surface area contributed by atoms with E-state index in [1.807, 2.05) is 6.07 Å². The summed E-state index contributed by atoms with van der Waals surface area (Å²) in [4.78, 5) is 46.7. The summed E-state index contributed by atoms with van der Waals surface area (Å²) in [6.45, 7) is 4.03. The van der Waals surface area contributed by atoms with E-state index in [0.29, 0.717) is 6.42 Å². The van der Waals surface area contributed by atoms with Gasteiger partial charge < -0.3 is 14.2 Å². The van der Waals surface area contributed by atoms with Gasteiger partial charge in [0.15, 0.2) is 12.0 Å². The number of ketones is 1. The molecule has 8 nitrogen and oxygen atoms in total. The van der Waals surface area contributed by atoms with Crippen LogP contribution in [0.4, 0.5) is 0 Å². The molecule has 3 aliphatic rings. The number of esters is 3. The molecule has 0 radical (unpaired) electrons. The van der Waals surface area contributed by atoms with Gasteiger partial charge in [-0.25, -0.2) is 9.59 Å². The molecular weight excluding hydrogens is 318 g/mol. The van der Waals surface area contributed by atoms with Crippen LogP contribution in [-0.2, 0) is 33.4 Å². The van der Waals surface area contributed by atoms with Crippen molar-refractivity contribution >= 4 is 23.7 Å². The summed E-state index contributed by atoms with van der Waals surface area (Å²) in [6.07, 6.45) is -0.622. The molecule has 3 rings (SSSR count). The fourth-order valence-electron chi connectivity index (χ4n) is 3.79. The number of Topliss-reactive ketones (excluding diaryl/α,β-unsaturated/α-hetero) is 1. The van der Waals surface area contributed by atoms with Crippen LogP contribution in [-0.4, -0.2) is 42.5 Å². The van der Waals surface area contributed by atoms with E-state index in [1.165, 1.54) is 6.92 Å². The SMILES string of the molecule is C=C(C)C(=O)OCC(=O)C(=O)OC1C2CC3C1OC(=O)C3(C#N)C2. The van der Waals surface area contributed by atoms with Crippen molar-refractivity contribution in [1.82, 2.24) is 0 Å². The highest BCUT2D eigenvalue weighted by Gasteiger charge is 2.72. The van der Waals surface area contributed by atoms with Crippen LogP contribution in [0, 0.1) is 28.6 Å². The van der Waals surface area contributed by atoms with Gasteiger partial charge in [-0.1, -0.05) is 6.58 Å². The molecule has 1 heterocycles. The number of ether oxygens (including phenoxy) is 3. The monoisotopic (exact) mass is 333 g/mol. The molecule has 2 bridgehead atoms. The predicted molar refractivity (Wildman–Crippen MR) is 74.8 cm³/mol. The molecule has 0 aromatic rings. The number of carbonyl (C=O) groups is 4. The molecule has 126 valence electrons. The molecule has 0 aromatic carbocycles. The molecule has 24 heavy (non-hydrogen) atoms. The van der Waals surface area contributed by atoms with E-state index in [-0.39, 0.29) is 23.8 Å². The van der Waals surface area contributed by atoms with Crippen LogP contribution in [0.1, 0.15) is 19.8 Å². The van der Waals surface area contributed by atoms with E-state index in [9.17, 15) is 24.4 Å². The van der Waals surface area contributed by atoms with Crippen LogP contribution >= 0.6 is 0 Å². The number of carbonyl (C=O) groups excluding carboxylic acids is 4. The van der Waals surface area contributed by atoms with Crippen LogP contribution in [0.3, 0.4) is 0 Å². The lowest BCUT2D eigenvalue weighted by Gasteiger charge is -2.27. The van der Waals surface area contributed by atoms with Crippen molar-refractivity contribution in [1.29, 1.82) is 5.26 Å². The van der Waals surface area contributed by atoms with Crippen molar-refractivity contribution in [3.05, 3.63) is 12.2 Å². The van der Waals surface area contributed by atoms with Crippen LogP contribution < -0.4 is 0 Å². The molecule has 0 amide bonds. The molecular formula is C16H15NO7. The fraction of sp³-hybridized carbons (Fsp3) is 0.562. The summed E-state index contributed by atoms with van der Waals surface area (Å²) in [5.41, 5.74) is -1.03. The third-order valence-corrected chi connectivity index (χ3v) is 4.92. The predicted octanol–water partition coefficient (Wildman–Crippen LogP) is 0.0618. The first-order valence-electron chi connectivity index (χ1n) is 7.49. The van der Waals surface area contributed by atoms with Crippen molar-refractivity contribution in [3.63, 3.8) is 0 Å². The van der Waals surface area contributed by atoms with Gasteiger partial charge in [0.25, 0.3) is 5.78 Å². The zero-order valence-corrected chi connectivity index (χ0v) is 12.9. The highest BCUT2D eigenvalue weighted by molar-refractivity contribution is 6.34. The van der Waals surface area contributed by atoms with Gasteiger partial charge in [0.05, 0.1) is 6.07 Å². The Kier molecular flexibility index (Phi) is 3.67. The van der Waals surface area contributed by atoms with E-state index in [0.717, 1.165) is 0 Å². The van der Waals surface area contributed by atoms with Crippen molar-refractivity contribution in [2.24, 2.45) is 17.3 Å². The summed E-state index contributed by atoms with van der Waals surface area (Å²) in [6, 6.07) is 2.04. The van der Waals surface area contributed by atoms with Crippen LogP contribution in [0.5, 0.6) is 0 Å². The Hall–Kier alpha value is -2.69. The molecule has 0 N–H and O–H groups in total. The molecule has 2 saturated carbocycles. The highest BCUT2D eigenvalue weighted by Crippen LogP contribution is 2.62. The Labute approximate surface area is 137 Å². The number of nitriles is 1. The summed E-state index contributed by atoms with van der Waals surface area (Å²) in [5.74, 6) is -4.02. The summed E-state index contributed by atoms with van der Waals surface area (Å²) in [7, 11) is 0. The molecule has 1 aliphatic heterocycles. The topological polar surface area (TPSA) is 120 Å². The standard InChI is InChI=1S/C16H15NO7/c1-7(2)13(19)22-5-10(18)14(20)23-11-8-3-9-12(11)24-15(21)16(9,4-8)6-17/h8-9,11-12H,1,3-5H2,2H3. The minimum absolute atomic E-state index is 0.106. The Bertz CT molecular complexity index is 706. The Morgan fingerprint density at radius 3 is 2.75 bits per heavy atom. The van der Waals surface area contributed by atoms with Crippen molar-refractivity contribution < 1.29 is 33.4 Å². The zero-order valence-electron chi connectivity index (χ0n) is 12.9. The van der Waals surface area contributed by atoms with Crippen LogP contribution in [0.15, 0.2) is 12.2 Å². The molecule has 2 aliphatic carbocycles. The molecule has 1 saturated heterocycles. The number of rotatable bonds is 5. The number of nitrogens with zero attached hydrogens (tertiary/aromatic N) is 1. The maximum Gasteiger partial charge on any atom is 0.378 e. The third kappa shape index (κ3) is 2.19. The summed E-state index contributed by atoms with van der Waals surface area (Å²) < 4.78 is 15.0. The average molecular weight is 333 g/mol. The van der Waals surface area contributed by atoms with Crippen molar-refractivity contribution in [2.45, 2.75) is 32.0 Å². The second-order valence-corrected chi connectivity index (χ2v) is 6.41. The van der Waals surface area contributed by atoms with Crippen LogP contribution in [0.2, 0.25) is 0 Å². The zero-order chi connectivity index (χ0) is 17.6. The number of hydrogen-bond donors (Lipinski definition) is 0. The van der Waals surface area contributed by atoms with Gasteiger partial charge in [-0.05, 0) is 19.8 Å². The molecule has 5 unspecified atom stereocenters. The first kappa shape index (κ1) is 16.2. The lowest BCUT2D eigenvalue weighted by Crippen LogP contribution is -2.41. The van der Waals surface area contributed by atoms with E-state index in [1.54, 1.807) is 0 Å². The van der Waals surface area contributed by atoms with Crippen LogP contribution in [0.25, 0.3) is 0 Å². The second-order valence-electron chi connectivity index (χ2n) is 6.41. The second kappa shape index (κ2) is 5.44. The first-order valence-corrected chi connectivity index (χ1v) is 7.49. The Balaban J connectivity index is 1.60. The van der Waals surface area contributed by atoms with E-state index < -0.39 is 47.9 Å². The van der Waals surface area contributed by atoms with Crippen molar-refractivity contribution in [2.75, 3.05) is 6.61 Å².